The maximum atomic E-state index is 12.1. The van der Waals surface area contributed by atoms with E-state index in [4.69, 9.17) is 0 Å². The van der Waals surface area contributed by atoms with Gasteiger partial charge in [-0.3, -0.25) is 0 Å². The summed E-state index contributed by atoms with van der Waals surface area (Å²) in [5.41, 5.74) is 4.74. The monoisotopic (exact) mass is 318 g/mol. The number of hydrogen-bond donors (Lipinski definition) is 1. The van der Waals surface area contributed by atoms with Gasteiger partial charge in [0.15, 0.2) is 5.65 Å². The van der Waals surface area contributed by atoms with Gasteiger partial charge in [0, 0.05) is 11.9 Å². The standard InChI is InChI=1S/C19H18N4O/c1-22(2)12-13-6-5-7-14(10-13)16-11-18-20-21-19(24)23(18)17-9-4-3-8-15(16)17/h3-11H,12H2,1-2H3,(H,21,24). The fraction of sp³-hybridized carbons (Fsp3) is 0.158. The number of nitrogens with one attached hydrogen (secondary N) is 1. The molecule has 120 valence electrons. The molecule has 0 aliphatic heterocycles. The van der Waals surface area contributed by atoms with Crippen molar-refractivity contribution in [2.75, 3.05) is 14.1 Å². The van der Waals surface area contributed by atoms with Gasteiger partial charge in [-0.1, -0.05) is 36.4 Å². The quantitative estimate of drug-likeness (QED) is 0.632. The van der Waals surface area contributed by atoms with Crippen molar-refractivity contribution < 1.29 is 0 Å². The van der Waals surface area contributed by atoms with E-state index in [9.17, 15) is 4.79 Å². The molecule has 0 fully saturated rings. The Morgan fingerprint density at radius 1 is 1.08 bits per heavy atom. The Morgan fingerprint density at radius 3 is 2.75 bits per heavy atom. The van der Waals surface area contributed by atoms with Gasteiger partial charge in [-0.05, 0) is 49.0 Å². The third-order valence-corrected chi connectivity index (χ3v) is 4.14. The van der Waals surface area contributed by atoms with Gasteiger partial charge in [0.1, 0.15) is 0 Å². The van der Waals surface area contributed by atoms with Crippen molar-refractivity contribution in [2.45, 2.75) is 6.54 Å². The molecule has 0 saturated carbocycles. The second-order valence-corrected chi connectivity index (χ2v) is 6.24. The molecule has 2 heterocycles. The van der Waals surface area contributed by atoms with Gasteiger partial charge in [-0.25, -0.2) is 14.3 Å². The molecule has 2 aromatic heterocycles. The normalized spacial score (nSPS) is 11.6. The second-order valence-electron chi connectivity index (χ2n) is 6.24. The highest BCUT2D eigenvalue weighted by molar-refractivity contribution is 5.97. The van der Waals surface area contributed by atoms with E-state index in [1.165, 1.54) is 5.56 Å². The molecule has 0 aliphatic rings. The molecular weight excluding hydrogens is 300 g/mol. The van der Waals surface area contributed by atoms with Gasteiger partial charge in [0.05, 0.1) is 5.52 Å². The molecule has 0 amide bonds. The van der Waals surface area contributed by atoms with E-state index in [-0.39, 0.29) is 5.69 Å². The molecular formula is C19H18N4O. The summed E-state index contributed by atoms with van der Waals surface area (Å²) in [4.78, 5) is 14.2. The summed E-state index contributed by atoms with van der Waals surface area (Å²) >= 11 is 0. The zero-order chi connectivity index (χ0) is 16.7. The molecule has 4 aromatic rings. The number of hydrogen-bond acceptors (Lipinski definition) is 3. The summed E-state index contributed by atoms with van der Waals surface area (Å²) in [5, 5.41) is 7.72. The molecule has 0 radical (unpaired) electrons. The molecule has 0 bridgehead atoms. The topological polar surface area (TPSA) is 53.4 Å². The van der Waals surface area contributed by atoms with Crippen molar-refractivity contribution in [1.29, 1.82) is 0 Å². The van der Waals surface area contributed by atoms with Crippen LogP contribution in [0.25, 0.3) is 27.7 Å². The SMILES string of the molecule is CN(C)Cc1cccc(-c2cc3n[nH]c(=O)n3c3ccccc23)c1. The lowest BCUT2D eigenvalue weighted by Gasteiger charge is -2.12. The van der Waals surface area contributed by atoms with Crippen molar-refractivity contribution >= 4 is 16.6 Å². The number of benzene rings is 2. The van der Waals surface area contributed by atoms with Crippen molar-refractivity contribution in [2.24, 2.45) is 0 Å². The van der Waals surface area contributed by atoms with Crippen LogP contribution in [0.4, 0.5) is 0 Å². The van der Waals surface area contributed by atoms with Crippen LogP contribution in [0, 0.1) is 0 Å². The lowest BCUT2D eigenvalue weighted by Crippen LogP contribution is -2.11. The van der Waals surface area contributed by atoms with Gasteiger partial charge in [-0.15, -0.1) is 0 Å². The number of nitrogens with zero attached hydrogens (tertiary/aromatic N) is 3. The molecule has 0 unspecified atom stereocenters. The molecule has 24 heavy (non-hydrogen) atoms. The van der Waals surface area contributed by atoms with Crippen molar-refractivity contribution in [3.05, 3.63) is 70.6 Å². The zero-order valence-electron chi connectivity index (χ0n) is 13.7. The van der Waals surface area contributed by atoms with E-state index >= 15 is 0 Å². The minimum Gasteiger partial charge on any atom is -0.305 e. The highest BCUT2D eigenvalue weighted by Crippen LogP contribution is 2.30. The molecule has 0 saturated heterocycles. The molecule has 4 rings (SSSR count). The number of H-pyrrole nitrogens is 1. The summed E-state index contributed by atoms with van der Waals surface area (Å²) in [6.45, 7) is 0.885. The van der Waals surface area contributed by atoms with Crippen molar-refractivity contribution in [3.63, 3.8) is 0 Å². The summed E-state index contributed by atoms with van der Waals surface area (Å²) in [6.07, 6.45) is 0. The fourth-order valence-electron chi connectivity index (χ4n) is 3.18. The molecule has 0 atom stereocenters. The number of rotatable bonds is 3. The third-order valence-electron chi connectivity index (χ3n) is 4.14. The Balaban J connectivity index is 2.01. The fourth-order valence-corrected chi connectivity index (χ4v) is 3.18. The Bertz CT molecular complexity index is 1090. The Labute approximate surface area is 139 Å². The van der Waals surface area contributed by atoms with Gasteiger partial charge in [0.25, 0.3) is 0 Å². The van der Waals surface area contributed by atoms with E-state index in [0.29, 0.717) is 5.65 Å². The largest absolute Gasteiger partial charge is 0.348 e. The minimum atomic E-state index is -0.214. The van der Waals surface area contributed by atoms with E-state index < -0.39 is 0 Å². The molecule has 1 N–H and O–H groups in total. The van der Waals surface area contributed by atoms with Crippen LogP contribution in [-0.2, 0) is 6.54 Å². The molecule has 2 aromatic carbocycles. The van der Waals surface area contributed by atoms with Crippen LogP contribution in [0.2, 0.25) is 0 Å². The van der Waals surface area contributed by atoms with Crippen molar-refractivity contribution in [3.8, 4) is 11.1 Å². The first-order chi connectivity index (χ1) is 11.6. The summed E-state index contributed by atoms with van der Waals surface area (Å²) in [6, 6.07) is 18.4. The first kappa shape index (κ1) is 14.7. The zero-order valence-corrected chi connectivity index (χ0v) is 13.7. The van der Waals surface area contributed by atoms with Gasteiger partial charge in [-0.2, -0.15) is 5.10 Å². The molecule has 0 spiro atoms. The number of fused-ring (bicyclic) bond motifs is 3. The highest BCUT2D eigenvalue weighted by atomic mass is 16.1. The lowest BCUT2D eigenvalue weighted by molar-refractivity contribution is 0.402. The molecule has 0 aliphatic carbocycles. The second kappa shape index (κ2) is 5.62. The number of pyridine rings is 1. The predicted octanol–water partition coefficient (Wildman–Crippen LogP) is 2.90. The Hall–Kier alpha value is -2.92. The van der Waals surface area contributed by atoms with E-state index in [2.05, 4.69) is 53.5 Å². The first-order valence-electron chi connectivity index (χ1n) is 7.86. The van der Waals surface area contributed by atoms with Crippen LogP contribution in [0.3, 0.4) is 0 Å². The van der Waals surface area contributed by atoms with E-state index in [1.807, 2.05) is 30.3 Å². The van der Waals surface area contributed by atoms with Gasteiger partial charge < -0.3 is 4.90 Å². The van der Waals surface area contributed by atoms with Crippen molar-refractivity contribution in [1.82, 2.24) is 19.5 Å². The number of aromatic nitrogens is 3. The summed E-state index contributed by atoms with van der Waals surface area (Å²) < 4.78 is 1.61. The van der Waals surface area contributed by atoms with Crippen LogP contribution in [0.5, 0.6) is 0 Å². The van der Waals surface area contributed by atoms with E-state index in [0.717, 1.165) is 28.6 Å². The molecule has 5 nitrogen and oxygen atoms in total. The lowest BCUT2D eigenvalue weighted by atomic mass is 9.99. The van der Waals surface area contributed by atoms with Gasteiger partial charge in [0.2, 0.25) is 0 Å². The van der Waals surface area contributed by atoms with Crippen LogP contribution >= 0.6 is 0 Å². The smallest absolute Gasteiger partial charge is 0.305 e. The summed E-state index contributed by atoms with van der Waals surface area (Å²) in [7, 11) is 4.12. The van der Waals surface area contributed by atoms with Crippen LogP contribution in [0.15, 0.2) is 59.4 Å². The maximum absolute atomic E-state index is 12.1. The van der Waals surface area contributed by atoms with Crippen LogP contribution in [0.1, 0.15) is 5.56 Å². The van der Waals surface area contributed by atoms with Gasteiger partial charge >= 0.3 is 5.69 Å². The van der Waals surface area contributed by atoms with Crippen LogP contribution < -0.4 is 5.69 Å². The first-order valence-corrected chi connectivity index (χ1v) is 7.86. The average molecular weight is 318 g/mol. The maximum Gasteiger partial charge on any atom is 0.348 e. The minimum absolute atomic E-state index is 0.214. The van der Waals surface area contributed by atoms with Crippen LogP contribution in [-0.4, -0.2) is 33.6 Å². The number of para-hydroxylation sites is 1. The predicted molar refractivity (Wildman–Crippen MR) is 96.1 cm³/mol. The molecule has 5 heteroatoms. The average Bonchev–Trinajstić information content (AvgIpc) is 2.95. The highest BCUT2D eigenvalue weighted by Gasteiger charge is 2.11. The van der Waals surface area contributed by atoms with E-state index in [1.54, 1.807) is 4.40 Å². The number of aromatic amines is 1. The Morgan fingerprint density at radius 2 is 1.92 bits per heavy atom. The third kappa shape index (κ3) is 2.39. The summed E-state index contributed by atoms with van der Waals surface area (Å²) in [5.74, 6) is 0. The Kier molecular flexibility index (Phi) is 3.43.